The second kappa shape index (κ2) is 11.7. The lowest BCUT2D eigenvalue weighted by Crippen LogP contribution is -2.42. The molecule has 8 heteroatoms. The van der Waals surface area contributed by atoms with Gasteiger partial charge in [0.1, 0.15) is 5.82 Å². The van der Waals surface area contributed by atoms with Crippen molar-refractivity contribution >= 4 is 52.3 Å². The number of H-pyrrole nitrogens is 1. The number of aliphatic imine (C=N–C) groups is 1. The summed E-state index contributed by atoms with van der Waals surface area (Å²) in [7, 11) is 1.84. The van der Waals surface area contributed by atoms with Gasteiger partial charge >= 0.3 is 0 Å². The Morgan fingerprint density at radius 1 is 1.20 bits per heavy atom. The summed E-state index contributed by atoms with van der Waals surface area (Å²) >= 11 is 1.85. The SMILES string of the molecule is CN=C(NCCCc1nc2ccccc2[nH]1)NCC(c1cccs1)N1CCCC1.I. The Kier molecular flexibility index (Phi) is 8.95. The number of hydrogen-bond acceptors (Lipinski definition) is 4. The molecule has 6 nitrogen and oxygen atoms in total. The predicted molar refractivity (Wildman–Crippen MR) is 137 cm³/mol. The molecule has 1 aliphatic rings. The number of hydrogen-bond donors (Lipinski definition) is 3. The van der Waals surface area contributed by atoms with E-state index in [9.17, 15) is 0 Å². The molecule has 0 spiro atoms. The zero-order valence-corrected chi connectivity index (χ0v) is 20.6. The van der Waals surface area contributed by atoms with Crippen molar-refractivity contribution in [3.63, 3.8) is 0 Å². The van der Waals surface area contributed by atoms with Crippen molar-refractivity contribution in [1.82, 2.24) is 25.5 Å². The van der Waals surface area contributed by atoms with Gasteiger partial charge in [0.05, 0.1) is 17.1 Å². The fourth-order valence-corrected chi connectivity index (χ4v) is 4.81. The normalized spacial score (nSPS) is 15.8. The second-order valence-corrected chi connectivity index (χ2v) is 8.44. The topological polar surface area (TPSA) is 68.3 Å². The summed E-state index contributed by atoms with van der Waals surface area (Å²) in [5.41, 5.74) is 2.14. The molecule has 1 saturated heterocycles. The van der Waals surface area contributed by atoms with Gasteiger partial charge in [0.2, 0.25) is 0 Å². The minimum atomic E-state index is 0. The third kappa shape index (κ3) is 5.95. The molecule has 3 heterocycles. The van der Waals surface area contributed by atoms with E-state index in [0.29, 0.717) is 6.04 Å². The molecular formula is C22H31IN6S. The standard InChI is InChI=1S/C22H30N6S.HI/c1-23-22(24-12-6-11-21-26-17-8-2-3-9-18(17)27-21)25-16-19(20-10-7-15-29-20)28-13-4-5-14-28;/h2-3,7-10,15,19H,4-6,11-14,16H2,1H3,(H,26,27)(H2,23,24,25);1H. The molecule has 1 unspecified atom stereocenters. The van der Waals surface area contributed by atoms with E-state index in [-0.39, 0.29) is 24.0 Å². The number of aromatic amines is 1. The van der Waals surface area contributed by atoms with Crippen LogP contribution in [0, 0.1) is 0 Å². The molecule has 0 aliphatic carbocycles. The minimum absolute atomic E-state index is 0. The lowest BCUT2D eigenvalue weighted by molar-refractivity contribution is 0.249. The molecule has 30 heavy (non-hydrogen) atoms. The van der Waals surface area contributed by atoms with E-state index in [0.717, 1.165) is 48.7 Å². The number of nitrogens with zero attached hydrogens (tertiary/aromatic N) is 3. The fourth-order valence-electron chi connectivity index (χ4n) is 3.94. The number of aromatic nitrogens is 2. The van der Waals surface area contributed by atoms with Crippen molar-refractivity contribution < 1.29 is 0 Å². The number of fused-ring (bicyclic) bond motifs is 1. The Labute approximate surface area is 199 Å². The van der Waals surface area contributed by atoms with Crippen LogP contribution in [0.3, 0.4) is 0 Å². The van der Waals surface area contributed by atoms with Crippen molar-refractivity contribution in [2.75, 3.05) is 33.2 Å². The molecule has 162 valence electrons. The second-order valence-electron chi connectivity index (χ2n) is 7.46. The van der Waals surface area contributed by atoms with Gasteiger partial charge in [0.25, 0.3) is 0 Å². The molecular weight excluding hydrogens is 507 g/mol. The molecule has 1 fully saturated rings. The Balaban J connectivity index is 0.00000256. The van der Waals surface area contributed by atoms with Crippen LogP contribution in [0.2, 0.25) is 0 Å². The lowest BCUT2D eigenvalue weighted by Gasteiger charge is -2.27. The van der Waals surface area contributed by atoms with Crippen LogP contribution in [0.25, 0.3) is 11.0 Å². The molecule has 3 N–H and O–H groups in total. The zero-order valence-electron chi connectivity index (χ0n) is 17.4. The summed E-state index contributed by atoms with van der Waals surface area (Å²) in [6.45, 7) is 4.12. The van der Waals surface area contributed by atoms with E-state index >= 15 is 0 Å². The first-order valence-electron chi connectivity index (χ1n) is 10.5. The summed E-state index contributed by atoms with van der Waals surface area (Å²) < 4.78 is 0. The first-order chi connectivity index (χ1) is 14.3. The maximum absolute atomic E-state index is 4.65. The summed E-state index contributed by atoms with van der Waals surface area (Å²) in [6, 6.07) is 13.0. The first-order valence-corrected chi connectivity index (χ1v) is 11.4. The number of guanidine groups is 1. The number of halogens is 1. The average Bonchev–Trinajstić information content (AvgIpc) is 3.51. The van der Waals surface area contributed by atoms with E-state index in [4.69, 9.17) is 0 Å². The average molecular weight is 539 g/mol. The highest BCUT2D eigenvalue weighted by Gasteiger charge is 2.24. The molecule has 1 atom stereocenters. The maximum atomic E-state index is 4.65. The highest BCUT2D eigenvalue weighted by atomic mass is 127. The quantitative estimate of drug-likeness (QED) is 0.174. The van der Waals surface area contributed by atoms with Crippen LogP contribution in [-0.4, -0.2) is 54.1 Å². The van der Waals surface area contributed by atoms with Gasteiger partial charge in [-0.3, -0.25) is 9.89 Å². The Morgan fingerprint density at radius 2 is 2.03 bits per heavy atom. The van der Waals surface area contributed by atoms with E-state index in [1.165, 1.54) is 30.8 Å². The van der Waals surface area contributed by atoms with Gasteiger partial charge in [-0.1, -0.05) is 18.2 Å². The van der Waals surface area contributed by atoms with Crippen molar-refractivity contribution in [3.05, 3.63) is 52.5 Å². The number of thiophene rings is 1. The summed E-state index contributed by atoms with van der Waals surface area (Å²) in [5.74, 6) is 1.91. The Hall–Kier alpha value is -1.65. The molecule has 0 radical (unpaired) electrons. The summed E-state index contributed by atoms with van der Waals surface area (Å²) in [6.07, 6.45) is 4.53. The molecule has 3 aromatic rings. The Morgan fingerprint density at radius 3 is 2.77 bits per heavy atom. The van der Waals surface area contributed by atoms with E-state index in [2.05, 4.69) is 54.1 Å². The van der Waals surface area contributed by atoms with Gasteiger partial charge < -0.3 is 15.6 Å². The molecule has 1 aromatic carbocycles. The molecule has 4 rings (SSSR count). The number of aryl methyl sites for hydroxylation is 1. The third-order valence-electron chi connectivity index (χ3n) is 5.46. The van der Waals surface area contributed by atoms with Crippen LogP contribution in [0.4, 0.5) is 0 Å². The van der Waals surface area contributed by atoms with E-state index in [1.807, 2.05) is 36.6 Å². The largest absolute Gasteiger partial charge is 0.356 e. The van der Waals surface area contributed by atoms with Crippen LogP contribution in [0.15, 0.2) is 46.8 Å². The number of para-hydroxylation sites is 2. The van der Waals surface area contributed by atoms with Crippen molar-refractivity contribution in [2.45, 2.75) is 31.7 Å². The van der Waals surface area contributed by atoms with Crippen LogP contribution in [0.5, 0.6) is 0 Å². The van der Waals surface area contributed by atoms with E-state index < -0.39 is 0 Å². The summed E-state index contributed by atoms with van der Waals surface area (Å²) in [4.78, 5) is 16.5. The van der Waals surface area contributed by atoms with Gasteiger partial charge in [-0.25, -0.2) is 4.98 Å². The lowest BCUT2D eigenvalue weighted by atomic mass is 10.2. The number of benzene rings is 1. The van der Waals surface area contributed by atoms with Gasteiger partial charge in [-0.2, -0.15) is 0 Å². The smallest absolute Gasteiger partial charge is 0.191 e. The van der Waals surface area contributed by atoms with Crippen LogP contribution >= 0.6 is 35.3 Å². The molecule has 0 bridgehead atoms. The number of likely N-dealkylation sites (tertiary alicyclic amines) is 1. The highest BCUT2D eigenvalue weighted by molar-refractivity contribution is 14.0. The molecule has 0 saturated carbocycles. The number of nitrogens with one attached hydrogen (secondary N) is 3. The van der Waals surface area contributed by atoms with Crippen LogP contribution in [0.1, 0.15) is 36.0 Å². The summed E-state index contributed by atoms with van der Waals surface area (Å²) in [5, 5.41) is 9.15. The zero-order chi connectivity index (χ0) is 19.9. The monoisotopic (exact) mass is 538 g/mol. The van der Waals surface area contributed by atoms with Gasteiger partial charge in [-0.05, 0) is 55.9 Å². The van der Waals surface area contributed by atoms with E-state index in [1.54, 1.807) is 0 Å². The Bertz CT molecular complexity index is 884. The molecule has 0 amide bonds. The third-order valence-corrected chi connectivity index (χ3v) is 6.43. The predicted octanol–water partition coefficient (Wildman–Crippen LogP) is 4.18. The van der Waals surface area contributed by atoms with Crippen LogP contribution < -0.4 is 10.6 Å². The number of rotatable bonds is 8. The minimum Gasteiger partial charge on any atom is -0.356 e. The molecule has 2 aromatic heterocycles. The maximum Gasteiger partial charge on any atom is 0.191 e. The highest BCUT2D eigenvalue weighted by Crippen LogP contribution is 2.27. The van der Waals surface area contributed by atoms with Gasteiger partial charge in [0.15, 0.2) is 5.96 Å². The number of imidazole rings is 1. The van der Waals surface area contributed by atoms with Gasteiger partial charge in [0, 0.05) is 31.4 Å². The van der Waals surface area contributed by atoms with Gasteiger partial charge in [-0.15, -0.1) is 35.3 Å². The van der Waals surface area contributed by atoms with Crippen molar-refractivity contribution in [3.8, 4) is 0 Å². The van der Waals surface area contributed by atoms with Crippen molar-refractivity contribution in [1.29, 1.82) is 0 Å². The fraction of sp³-hybridized carbons (Fsp3) is 0.455. The van der Waals surface area contributed by atoms with Crippen LogP contribution in [-0.2, 0) is 6.42 Å². The first kappa shape index (κ1) is 23.0. The molecule has 1 aliphatic heterocycles. The van der Waals surface area contributed by atoms with Crippen molar-refractivity contribution in [2.24, 2.45) is 4.99 Å².